The highest BCUT2D eigenvalue weighted by atomic mass is 16.5. The van der Waals surface area contributed by atoms with Gasteiger partial charge in [-0.1, -0.05) is 233 Å². The summed E-state index contributed by atoms with van der Waals surface area (Å²) in [5, 5.41) is 0. The summed E-state index contributed by atoms with van der Waals surface area (Å²) in [6.45, 7) is 7.49. The zero-order chi connectivity index (χ0) is 32.0. The maximum absolute atomic E-state index is 12.9. The van der Waals surface area contributed by atoms with E-state index in [0.29, 0.717) is 6.61 Å². The normalized spacial score (nSPS) is 12.2. The quantitative estimate of drug-likeness (QED) is 0.0507. The van der Waals surface area contributed by atoms with Crippen LogP contribution in [0.25, 0.3) is 0 Å². The molecule has 0 N–H and O–H groups in total. The third-order valence-corrected chi connectivity index (χ3v) is 9.89. The van der Waals surface area contributed by atoms with Crippen molar-refractivity contribution in [2.24, 2.45) is 5.92 Å². The molecule has 0 aromatic carbocycles. The second-order valence-electron chi connectivity index (χ2n) is 14.4. The first kappa shape index (κ1) is 43.5. The summed E-state index contributed by atoms with van der Waals surface area (Å²) in [6.07, 6.45) is 48.5. The lowest BCUT2D eigenvalue weighted by atomic mass is 9.94. The molecule has 0 rings (SSSR count). The van der Waals surface area contributed by atoms with Gasteiger partial charge < -0.3 is 4.74 Å². The Morgan fingerprint density at radius 3 is 0.864 bits per heavy atom. The summed E-state index contributed by atoms with van der Waals surface area (Å²) in [5.74, 6) is 0.252. The molecule has 1 unspecified atom stereocenters. The summed E-state index contributed by atoms with van der Waals surface area (Å²) in [5.41, 5.74) is 0. The van der Waals surface area contributed by atoms with Crippen molar-refractivity contribution in [2.75, 3.05) is 6.61 Å². The van der Waals surface area contributed by atoms with Gasteiger partial charge in [-0.3, -0.25) is 4.79 Å². The van der Waals surface area contributed by atoms with Crippen molar-refractivity contribution < 1.29 is 9.53 Å². The van der Waals surface area contributed by atoms with Gasteiger partial charge in [-0.05, 0) is 19.3 Å². The molecule has 2 heteroatoms. The summed E-state index contributed by atoms with van der Waals surface area (Å²) in [4.78, 5) is 12.9. The van der Waals surface area contributed by atoms with Gasteiger partial charge in [-0.2, -0.15) is 0 Å². The van der Waals surface area contributed by atoms with E-state index in [1.807, 2.05) is 0 Å². The molecular formula is C42H84O2. The van der Waals surface area contributed by atoms with Crippen LogP contribution in [0.4, 0.5) is 0 Å². The molecule has 0 radical (unpaired) electrons. The average Bonchev–Trinajstić information content (AvgIpc) is 3.03. The van der Waals surface area contributed by atoms with Crippen molar-refractivity contribution in [3.05, 3.63) is 0 Å². The Morgan fingerprint density at radius 1 is 0.341 bits per heavy atom. The first-order valence-electron chi connectivity index (χ1n) is 20.9. The molecule has 44 heavy (non-hydrogen) atoms. The monoisotopic (exact) mass is 621 g/mol. The van der Waals surface area contributed by atoms with Gasteiger partial charge in [0.05, 0.1) is 12.5 Å². The van der Waals surface area contributed by atoms with E-state index in [1.54, 1.807) is 0 Å². The van der Waals surface area contributed by atoms with Gasteiger partial charge in [0.2, 0.25) is 0 Å². The zero-order valence-corrected chi connectivity index (χ0v) is 31.1. The van der Waals surface area contributed by atoms with Crippen LogP contribution in [0.15, 0.2) is 0 Å². The lowest BCUT2D eigenvalue weighted by Gasteiger charge is -2.16. The van der Waals surface area contributed by atoms with Crippen LogP contribution < -0.4 is 0 Å². The molecule has 0 spiro atoms. The van der Waals surface area contributed by atoms with Crippen LogP contribution in [-0.2, 0) is 9.53 Å². The predicted octanol–water partition coefficient (Wildman–Crippen LogP) is 15.2. The van der Waals surface area contributed by atoms with E-state index in [-0.39, 0.29) is 11.9 Å². The van der Waals surface area contributed by atoms with E-state index in [9.17, 15) is 4.79 Å². The number of carbonyl (C=O) groups excluding carboxylic acids is 1. The van der Waals surface area contributed by atoms with Crippen LogP contribution in [0.2, 0.25) is 0 Å². The van der Waals surface area contributed by atoms with Crippen LogP contribution in [0.5, 0.6) is 0 Å². The number of esters is 1. The topological polar surface area (TPSA) is 26.3 Å². The van der Waals surface area contributed by atoms with Gasteiger partial charge >= 0.3 is 5.97 Å². The van der Waals surface area contributed by atoms with E-state index >= 15 is 0 Å². The van der Waals surface area contributed by atoms with Gasteiger partial charge in [-0.25, -0.2) is 0 Å². The number of carbonyl (C=O) groups is 1. The molecular weight excluding hydrogens is 536 g/mol. The van der Waals surface area contributed by atoms with Gasteiger partial charge in [0.15, 0.2) is 0 Å². The Morgan fingerprint density at radius 2 is 0.568 bits per heavy atom. The molecule has 2 nitrogen and oxygen atoms in total. The lowest BCUT2D eigenvalue weighted by Crippen LogP contribution is -2.18. The molecule has 0 aliphatic rings. The largest absolute Gasteiger partial charge is 0.465 e. The van der Waals surface area contributed by atoms with E-state index in [1.165, 1.54) is 212 Å². The molecule has 1 atom stereocenters. The van der Waals surface area contributed by atoms with Crippen LogP contribution in [0.1, 0.15) is 252 Å². The van der Waals surface area contributed by atoms with Crippen molar-refractivity contribution in [2.45, 2.75) is 252 Å². The second-order valence-corrected chi connectivity index (χ2v) is 14.4. The minimum atomic E-state index is 0.108. The van der Waals surface area contributed by atoms with E-state index in [4.69, 9.17) is 4.74 Å². The maximum atomic E-state index is 12.9. The second kappa shape index (κ2) is 38.7. The number of hydrogen-bond acceptors (Lipinski definition) is 2. The summed E-state index contributed by atoms with van der Waals surface area (Å²) >= 11 is 0. The first-order chi connectivity index (χ1) is 21.8. The van der Waals surface area contributed by atoms with Crippen molar-refractivity contribution in [1.29, 1.82) is 0 Å². The van der Waals surface area contributed by atoms with Crippen LogP contribution >= 0.6 is 0 Å². The molecule has 0 aliphatic carbocycles. The fourth-order valence-electron chi connectivity index (χ4n) is 6.72. The van der Waals surface area contributed by atoms with Gasteiger partial charge in [0, 0.05) is 0 Å². The number of rotatable bonds is 38. The SMILES string of the molecule is CCCCCCCCCCCCCCCCCCOC(=O)C(CCCCCC)CCCCCCCCCCCCCCCC. The highest BCUT2D eigenvalue weighted by Gasteiger charge is 2.19. The molecule has 0 amide bonds. The van der Waals surface area contributed by atoms with Gasteiger partial charge in [-0.15, -0.1) is 0 Å². The molecule has 0 heterocycles. The third-order valence-electron chi connectivity index (χ3n) is 9.89. The first-order valence-corrected chi connectivity index (χ1v) is 20.9. The number of ether oxygens (including phenoxy) is 1. The van der Waals surface area contributed by atoms with Crippen LogP contribution in [0, 0.1) is 5.92 Å². The molecule has 0 bridgehead atoms. The fraction of sp³-hybridized carbons (Fsp3) is 0.976. The predicted molar refractivity (Wildman–Crippen MR) is 198 cm³/mol. The average molecular weight is 621 g/mol. The van der Waals surface area contributed by atoms with Crippen molar-refractivity contribution in [3.63, 3.8) is 0 Å². The van der Waals surface area contributed by atoms with Crippen molar-refractivity contribution in [1.82, 2.24) is 0 Å². The molecule has 0 aliphatic heterocycles. The van der Waals surface area contributed by atoms with E-state index in [0.717, 1.165) is 19.3 Å². The Bertz CT molecular complexity index is 530. The van der Waals surface area contributed by atoms with E-state index in [2.05, 4.69) is 20.8 Å². The molecule has 0 saturated carbocycles. The Kier molecular flexibility index (Phi) is 38.2. The van der Waals surface area contributed by atoms with E-state index < -0.39 is 0 Å². The van der Waals surface area contributed by atoms with Crippen molar-refractivity contribution >= 4 is 5.97 Å². The standard InChI is InChI=1S/C42H84O2/c1-4-7-10-13-15-17-19-21-23-24-26-28-30-32-34-37-40-44-42(43)41(38-35-12-9-6-3)39-36-33-31-29-27-25-22-20-18-16-14-11-8-5-2/h41H,4-40H2,1-3H3. The van der Waals surface area contributed by atoms with Crippen LogP contribution in [-0.4, -0.2) is 12.6 Å². The third kappa shape index (κ3) is 34.3. The molecule has 0 saturated heterocycles. The van der Waals surface area contributed by atoms with Gasteiger partial charge in [0.25, 0.3) is 0 Å². The molecule has 0 fully saturated rings. The molecule has 0 aromatic rings. The number of hydrogen-bond donors (Lipinski definition) is 0. The Labute approximate surface area is 279 Å². The Balaban J connectivity index is 3.73. The van der Waals surface area contributed by atoms with Crippen LogP contribution in [0.3, 0.4) is 0 Å². The summed E-state index contributed by atoms with van der Waals surface area (Å²) in [7, 11) is 0. The smallest absolute Gasteiger partial charge is 0.308 e. The molecule has 264 valence electrons. The maximum Gasteiger partial charge on any atom is 0.308 e. The van der Waals surface area contributed by atoms with Gasteiger partial charge in [0.1, 0.15) is 0 Å². The zero-order valence-electron chi connectivity index (χ0n) is 31.1. The highest BCUT2D eigenvalue weighted by Crippen LogP contribution is 2.21. The minimum Gasteiger partial charge on any atom is -0.465 e. The minimum absolute atomic E-state index is 0.108. The highest BCUT2D eigenvalue weighted by molar-refractivity contribution is 5.72. The lowest BCUT2D eigenvalue weighted by molar-refractivity contribution is -0.149. The number of unbranched alkanes of at least 4 members (excludes halogenated alkanes) is 31. The molecule has 0 aromatic heterocycles. The van der Waals surface area contributed by atoms with Crippen molar-refractivity contribution in [3.8, 4) is 0 Å². The summed E-state index contributed by atoms with van der Waals surface area (Å²) < 4.78 is 5.81. The Hall–Kier alpha value is -0.530. The summed E-state index contributed by atoms with van der Waals surface area (Å²) in [6, 6.07) is 0. The fourth-order valence-corrected chi connectivity index (χ4v) is 6.72.